The summed E-state index contributed by atoms with van der Waals surface area (Å²) in [6.45, 7) is 2.33. The first-order valence-corrected chi connectivity index (χ1v) is 16.3. The third kappa shape index (κ3) is 7.96. The fraction of sp³-hybridized carbons (Fsp3) is 0.706. The molecule has 1 spiro atoms. The molecule has 0 amide bonds. The zero-order valence-electron chi connectivity index (χ0n) is 25.8. The Hall–Kier alpha value is -2.96. The van der Waals surface area contributed by atoms with Crippen LogP contribution in [-0.4, -0.2) is 66.1 Å². The van der Waals surface area contributed by atoms with Crippen LogP contribution in [0.1, 0.15) is 89.5 Å². The molecule has 0 aromatic heterocycles. The van der Waals surface area contributed by atoms with Crippen LogP contribution in [0.25, 0.3) is 0 Å². The number of aromatic hydroxyl groups is 1. The lowest BCUT2D eigenvalue weighted by Crippen LogP contribution is -2.52. The third-order valence-corrected chi connectivity index (χ3v) is 10.1. The number of fused-ring (bicyclic) bond motifs is 5. The number of nitrogens with zero attached hydrogens (tertiary/aromatic N) is 1. The molecule has 236 valence electrons. The number of piperidine rings is 1. The molecule has 8 atom stereocenters. The zero-order valence-corrected chi connectivity index (χ0v) is 25.8. The highest BCUT2D eigenvalue weighted by atomic mass is 16.5. The summed E-state index contributed by atoms with van der Waals surface area (Å²) in [5.74, 6) is 8.12. The van der Waals surface area contributed by atoms with Crippen LogP contribution in [0.2, 0.25) is 0 Å². The molecule has 1 saturated carbocycles. The van der Waals surface area contributed by atoms with Crippen molar-refractivity contribution in [2.45, 2.75) is 121 Å². The first-order chi connectivity index (χ1) is 20.7. The van der Waals surface area contributed by atoms with E-state index in [4.69, 9.17) is 15.2 Å². The summed E-state index contributed by atoms with van der Waals surface area (Å²) in [6.07, 6.45) is 9.91. The molecule has 1 saturated heterocycles. The molecule has 1 aromatic rings. The standard InChI is InChI=1S/C34H50N4O5/c1-22(39)42-30-21-26(40)12-16-34(14-4-3-8-32(34)38-33(35)36-2)15-11-24-6-5-7-25-20-27(13-17-37-25)43-31-19-23(18-28(24)30)9-10-29(31)41/h9-10,19,24-28,30,32,37,40-41H,3-8,12-14,16-18,20-21H2,1-2H3,(H3,35,36,38). The number of hydrogen-bond donors (Lipinski definition) is 5. The Balaban J connectivity index is 1.58. The molecule has 43 heavy (non-hydrogen) atoms. The average Bonchev–Trinajstić information content (AvgIpc) is 2.99. The third-order valence-electron chi connectivity index (χ3n) is 10.1. The van der Waals surface area contributed by atoms with Crippen LogP contribution in [0.5, 0.6) is 11.5 Å². The van der Waals surface area contributed by atoms with Crippen molar-refractivity contribution >= 4 is 11.9 Å². The van der Waals surface area contributed by atoms with Gasteiger partial charge < -0.3 is 36.1 Å². The smallest absolute Gasteiger partial charge is 0.302 e. The predicted octanol–water partition coefficient (Wildman–Crippen LogP) is 3.79. The van der Waals surface area contributed by atoms with E-state index >= 15 is 0 Å². The van der Waals surface area contributed by atoms with Crippen molar-refractivity contribution in [3.8, 4) is 23.3 Å². The Morgan fingerprint density at radius 3 is 2.84 bits per heavy atom. The summed E-state index contributed by atoms with van der Waals surface area (Å²) < 4.78 is 12.4. The van der Waals surface area contributed by atoms with Gasteiger partial charge in [-0.1, -0.05) is 37.2 Å². The number of hydrogen-bond acceptors (Lipinski definition) is 7. The second-order valence-electron chi connectivity index (χ2n) is 13.2. The number of aliphatic hydroxyl groups is 1. The Morgan fingerprint density at radius 1 is 1.16 bits per heavy atom. The van der Waals surface area contributed by atoms with E-state index in [9.17, 15) is 15.0 Å². The molecule has 1 aromatic carbocycles. The van der Waals surface area contributed by atoms with E-state index in [1.54, 1.807) is 13.1 Å². The molecule has 4 aliphatic rings. The number of aliphatic imine (C=N–C) groups is 1. The number of phenolic OH excluding ortho intramolecular Hbond substituents is 1. The van der Waals surface area contributed by atoms with Gasteiger partial charge in [0.15, 0.2) is 17.5 Å². The summed E-state index contributed by atoms with van der Waals surface area (Å²) in [7, 11) is 1.69. The molecule has 2 aliphatic heterocycles. The first kappa shape index (κ1) is 31.5. The monoisotopic (exact) mass is 594 g/mol. The van der Waals surface area contributed by atoms with Crippen molar-refractivity contribution in [1.82, 2.24) is 10.6 Å². The Labute approximate surface area is 256 Å². The molecule has 9 heteroatoms. The number of guanidine groups is 1. The average molecular weight is 595 g/mol. The molecule has 0 radical (unpaired) electrons. The van der Waals surface area contributed by atoms with Gasteiger partial charge in [-0.25, -0.2) is 0 Å². The summed E-state index contributed by atoms with van der Waals surface area (Å²) in [6, 6.07) is 5.95. The van der Waals surface area contributed by atoms with Gasteiger partial charge in [-0.15, -0.1) is 0 Å². The van der Waals surface area contributed by atoms with E-state index in [1.165, 1.54) is 6.92 Å². The normalized spacial score (nSPS) is 35.3. The number of esters is 1. The molecule has 4 bridgehead atoms. The van der Waals surface area contributed by atoms with Crippen LogP contribution >= 0.6 is 0 Å². The fourth-order valence-corrected chi connectivity index (χ4v) is 7.81. The van der Waals surface area contributed by atoms with Crippen LogP contribution in [0.4, 0.5) is 0 Å². The summed E-state index contributed by atoms with van der Waals surface area (Å²) in [5, 5.41) is 29.2. The molecule has 9 nitrogen and oxygen atoms in total. The van der Waals surface area contributed by atoms with E-state index in [1.807, 2.05) is 12.1 Å². The van der Waals surface area contributed by atoms with Crippen LogP contribution < -0.4 is 21.1 Å². The van der Waals surface area contributed by atoms with Crippen LogP contribution in [-0.2, 0) is 16.0 Å². The number of benzene rings is 1. The lowest BCUT2D eigenvalue weighted by molar-refractivity contribution is -0.152. The molecular formula is C34H50N4O5. The van der Waals surface area contributed by atoms with Crippen molar-refractivity contribution < 1.29 is 24.5 Å². The number of carbonyl (C=O) groups excluding carboxylic acids is 1. The highest BCUT2D eigenvalue weighted by Gasteiger charge is 2.42. The van der Waals surface area contributed by atoms with Gasteiger partial charge in [0.2, 0.25) is 0 Å². The topological polar surface area (TPSA) is 138 Å². The zero-order chi connectivity index (χ0) is 30.4. The van der Waals surface area contributed by atoms with E-state index in [-0.39, 0.29) is 41.1 Å². The van der Waals surface area contributed by atoms with Crippen molar-refractivity contribution in [3.05, 3.63) is 23.8 Å². The number of rotatable bonds is 2. The number of phenols is 1. The van der Waals surface area contributed by atoms with Gasteiger partial charge in [0, 0.05) is 44.3 Å². The van der Waals surface area contributed by atoms with Crippen molar-refractivity contribution in [1.29, 1.82) is 0 Å². The van der Waals surface area contributed by atoms with E-state index in [0.717, 1.165) is 76.3 Å². The summed E-state index contributed by atoms with van der Waals surface area (Å²) in [5.41, 5.74) is 6.84. The van der Waals surface area contributed by atoms with Gasteiger partial charge in [0.25, 0.3) is 0 Å². The lowest BCUT2D eigenvalue weighted by Gasteiger charge is -2.43. The molecule has 8 unspecified atom stereocenters. The number of aliphatic hydroxyl groups excluding tert-OH is 1. The molecule has 2 heterocycles. The van der Waals surface area contributed by atoms with Gasteiger partial charge in [0.1, 0.15) is 12.2 Å². The van der Waals surface area contributed by atoms with Gasteiger partial charge in [-0.2, -0.15) is 0 Å². The molecule has 2 fully saturated rings. The lowest BCUT2D eigenvalue weighted by atomic mass is 9.66. The predicted molar refractivity (Wildman–Crippen MR) is 167 cm³/mol. The number of nitrogens with one attached hydrogen (secondary N) is 2. The Bertz CT molecular complexity index is 1210. The highest BCUT2D eigenvalue weighted by molar-refractivity contribution is 5.78. The van der Waals surface area contributed by atoms with E-state index in [2.05, 4.69) is 27.5 Å². The van der Waals surface area contributed by atoms with Gasteiger partial charge in [-0.3, -0.25) is 9.79 Å². The molecule has 5 rings (SSSR count). The largest absolute Gasteiger partial charge is 0.504 e. The molecular weight excluding hydrogens is 544 g/mol. The Kier molecular flexibility index (Phi) is 10.4. The second-order valence-corrected chi connectivity index (χ2v) is 13.2. The summed E-state index contributed by atoms with van der Waals surface area (Å²) in [4.78, 5) is 16.6. The fourth-order valence-electron chi connectivity index (χ4n) is 7.81. The Morgan fingerprint density at radius 2 is 2.02 bits per heavy atom. The van der Waals surface area contributed by atoms with Crippen molar-refractivity contribution in [3.63, 3.8) is 0 Å². The van der Waals surface area contributed by atoms with Crippen molar-refractivity contribution in [2.75, 3.05) is 13.6 Å². The summed E-state index contributed by atoms with van der Waals surface area (Å²) >= 11 is 0. The molecule has 6 N–H and O–H groups in total. The number of ether oxygens (including phenoxy) is 2. The number of carbonyl (C=O) groups is 1. The number of nitrogens with two attached hydrogens (primary N) is 1. The highest BCUT2D eigenvalue weighted by Crippen LogP contribution is 2.43. The second kappa shape index (κ2) is 14.2. The van der Waals surface area contributed by atoms with Crippen LogP contribution in [0, 0.1) is 29.1 Å². The quantitative estimate of drug-likeness (QED) is 0.151. The van der Waals surface area contributed by atoms with Gasteiger partial charge in [0.05, 0.1) is 11.5 Å². The molecule has 2 aliphatic carbocycles. The maximum atomic E-state index is 12.4. The SMILES string of the molecule is CN=C(N)NC1CCCCC12C#CC1CCCC3CC(CCN3)Oc3cc(ccc3O)CC1C(OC(C)=O)CC(O)CC2. The minimum Gasteiger partial charge on any atom is -0.504 e. The maximum absolute atomic E-state index is 12.4. The van der Waals surface area contributed by atoms with E-state index in [0.29, 0.717) is 37.0 Å². The van der Waals surface area contributed by atoms with Crippen LogP contribution in [0.3, 0.4) is 0 Å². The van der Waals surface area contributed by atoms with Crippen LogP contribution in [0.15, 0.2) is 23.2 Å². The van der Waals surface area contributed by atoms with Crippen molar-refractivity contribution in [2.24, 2.45) is 28.0 Å². The minimum absolute atomic E-state index is 0.0484. The first-order valence-electron chi connectivity index (χ1n) is 16.3. The van der Waals surface area contributed by atoms with Gasteiger partial charge in [-0.05, 0) is 82.0 Å². The maximum Gasteiger partial charge on any atom is 0.302 e. The van der Waals surface area contributed by atoms with Gasteiger partial charge >= 0.3 is 5.97 Å². The minimum atomic E-state index is -0.631. The van der Waals surface area contributed by atoms with E-state index < -0.39 is 12.2 Å².